The van der Waals surface area contributed by atoms with Crippen LogP contribution in [0.15, 0.2) is 30.3 Å². The van der Waals surface area contributed by atoms with Gasteiger partial charge in [-0.1, -0.05) is 41.4 Å². The van der Waals surface area contributed by atoms with Crippen LogP contribution in [0.3, 0.4) is 0 Å². The first-order valence-corrected chi connectivity index (χ1v) is 8.43. The van der Waals surface area contributed by atoms with Crippen molar-refractivity contribution in [1.29, 1.82) is 0 Å². The summed E-state index contributed by atoms with van der Waals surface area (Å²) in [6.45, 7) is 4.37. The van der Waals surface area contributed by atoms with Gasteiger partial charge in [-0.2, -0.15) is 0 Å². The van der Waals surface area contributed by atoms with Gasteiger partial charge in [0.2, 0.25) is 0 Å². The van der Waals surface area contributed by atoms with Gasteiger partial charge >= 0.3 is 0 Å². The summed E-state index contributed by atoms with van der Waals surface area (Å²) < 4.78 is 0.923. The van der Waals surface area contributed by atoms with Crippen LogP contribution in [0.5, 0.6) is 0 Å². The smallest absolute Gasteiger partial charge is 0.0934 e. The van der Waals surface area contributed by atoms with Gasteiger partial charge in [-0.15, -0.1) is 11.3 Å². The van der Waals surface area contributed by atoms with E-state index in [1.54, 1.807) is 11.3 Å². The van der Waals surface area contributed by atoms with Crippen LogP contribution in [0, 0.1) is 6.92 Å². The first-order valence-electron chi connectivity index (χ1n) is 7.24. The first-order chi connectivity index (χ1) is 9.63. The third kappa shape index (κ3) is 2.93. The number of aryl methyl sites for hydroxylation is 2. The molecule has 0 radical (unpaired) electrons. The predicted molar refractivity (Wildman–Crippen MR) is 87.7 cm³/mol. The minimum absolute atomic E-state index is 0.366. The highest BCUT2D eigenvalue weighted by Gasteiger charge is 2.24. The van der Waals surface area contributed by atoms with Gasteiger partial charge in [0.25, 0.3) is 0 Å². The van der Waals surface area contributed by atoms with Crippen molar-refractivity contribution >= 4 is 22.9 Å². The lowest BCUT2D eigenvalue weighted by atomic mass is 9.93. The summed E-state index contributed by atoms with van der Waals surface area (Å²) >= 11 is 7.92. The van der Waals surface area contributed by atoms with Gasteiger partial charge in [-0.05, 0) is 50.3 Å². The molecule has 20 heavy (non-hydrogen) atoms. The molecule has 2 unspecified atom stereocenters. The van der Waals surface area contributed by atoms with Gasteiger partial charge in [0.05, 0.1) is 4.34 Å². The molecule has 0 saturated carbocycles. The van der Waals surface area contributed by atoms with Crippen molar-refractivity contribution in [2.45, 2.75) is 45.2 Å². The van der Waals surface area contributed by atoms with E-state index in [0.717, 1.165) is 4.34 Å². The lowest BCUT2D eigenvalue weighted by molar-refractivity contribution is 0.418. The monoisotopic (exact) mass is 305 g/mol. The summed E-state index contributed by atoms with van der Waals surface area (Å²) in [4.78, 5) is 1.47. The minimum atomic E-state index is 0.366. The highest BCUT2D eigenvalue weighted by atomic mass is 35.5. The number of halogens is 1. The Balaban J connectivity index is 1.76. The molecule has 3 heteroatoms. The van der Waals surface area contributed by atoms with E-state index < -0.39 is 0 Å². The van der Waals surface area contributed by atoms with Gasteiger partial charge in [-0.25, -0.2) is 0 Å². The Morgan fingerprint density at radius 2 is 2.05 bits per heavy atom. The van der Waals surface area contributed by atoms with E-state index in [0.29, 0.717) is 12.1 Å². The molecule has 2 aromatic rings. The lowest BCUT2D eigenvalue weighted by Crippen LogP contribution is -2.27. The Morgan fingerprint density at radius 1 is 1.30 bits per heavy atom. The van der Waals surface area contributed by atoms with Crippen LogP contribution in [0.1, 0.15) is 53.4 Å². The molecule has 1 aliphatic rings. The minimum Gasteiger partial charge on any atom is -0.303 e. The second-order valence-corrected chi connectivity index (χ2v) is 7.44. The number of hydrogen-bond donors (Lipinski definition) is 1. The molecule has 1 N–H and O–H groups in total. The zero-order valence-electron chi connectivity index (χ0n) is 11.9. The molecular weight excluding hydrogens is 286 g/mol. The molecule has 0 saturated heterocycles. The van der Waals surface area contributed by atoms with Gasteiger partial charge in [0.15, 0.2) is 0 Å². The Hall–Kier alpha value is -0.830. The van der Waals surface area contributed by atoms with Crippen molar-refractivity contribution in [3.63, 3.8) is 0 Å². The van der Waals surface area contributed by atoms with Crippen LogP contribution in [0.4, 0.5) is 0 Å². The Kier molecular flexibility index (Phi) is 4.16. The van der Waals surface area contributed by atoms with Crippen molar-refractivity contribution < 1.29 is 0 Å². The van der Waals surface area contributed by atoms with E-state index in [2.05, 4.69) is 49.5 Å². The van der Waals surface area contributed by atoms with Crippen molar-refractivity contribution in [3.8, 4) is 0 Å². The maximum atomic E-state index is 6.18. The Bertz CT molecular complexity index is 588. The molecule has 106 valence electrons. The first kappa shape index (κ1) is 14.1. The van der Waals surface area contributed by atoms with Crippen molar-refractivity contribution in [2.24, 2.45) is 0 Å². The summed E-state index contributed by atoms with van der Waals surface area (Å²) in [6, 6.07) is 11.8. The lowest BCUT2D eigenvalue weighted by Gasteiger charge is -2.27. The van der Waals surface area contributed by atoms with Crippen LogP contribution < -0.4 is 5.32 Å². The van der Waals surface area contributed by atoms with Crippen LogP contribution in [0.25, 0.3) is 0 Å². The normalized spacial score (nSPS) is 19.6. The number of benzene rings is 1. The molecule has 0 amide bonds. The fraction of sp³-hybridized carbons (Fsp3) is 0.412. The van der Waals surface area contributed by atoms with E-state index in [9.17, 15) is 0 Å². The summed E-state index contributed by atoms with van der Waals surface area (Å²) in [5.41, 5.74) is 4.08. The zero-order valence-corrected chi connectivity index (χ0v) is 13.5. The maximum Gasteiger partial charge on any atom is 0.0934 e. The standard InChI is InChI=1S/C17H20ClNS/c1-11-6-8-13(9-7-11)12(2)19-15-4-3-5-16-14(15)10-17(18)20-16/h6-10,12,15,19H,3-5H2,1-2H3. The second kappa shape index (κ2) is 5.88. The summed E-state index contributed by atoms with van der Waals surface area (Å²) in [5, 5.41) is 3.77. The molecule has 1 aliphatic carbocycles. The largest absolute Gasteiger partial charge is 0.303 e. The summed E-state index contributed by atoms with van der Waals surface area (Å²) in [6.07, 6.45) is 3.64. The summed E-state index contributed by atoms with van der Waals surface area (Å²) in [7, 11) is 0. The predicted octanol–water partition coefficient (Wildman–Crippen LogP) is 5.44. The Morgan fingerprint density at radius 3 is 2.80 bits per heavy atom. The number of nitrogens with one attached hydrogen (secondary N) is 1. The molecule has 1 aromatic heterocycles. The average molecular weight is 306 g/mol. The topological polar surface area (TPSA) is 12.0 Å². The maximum absolute atomic E-state index is 6.18. The van der Waals surface area contributed by atoms with E-state index >= 15 is 0 Å². The van der Waals surface area contributed by atoms with E-state index in [1.165, 1.54) is 40.8 Å². The van der Waals surface area contributed by atoms with Gasteiger partial charge in [-0.3, -0.25) is 0 Å². The van der Waals surface area contributed by atoms with Crippen LogP contribution in [-0.4, -0.2) is 0 Å². The van der Waals surface area contributed by atoms with E-state index in [-0.39, 0.29) is 0 Å². The van der Waals surface area contributed by atoms with E-state index in [1.807, 2.05) is 0 Å². The number of hydrogen-bond acceptors (Lipinski definition) is 2. The van der Waals surface area contributed by atoms with Crippen molar-refractivity contribution in [3.05, 3.63) is 56.2 Å². The van der Waals surface area contributed by atoms with Crippen LogP contribution in [-0.2, 0) is 6.42 Å². The van der Waals surface area contributed by atoms with Gasteiger partial charge in [0, 0.05) is 17.0 Å². The molecule has 0 spiro atoms. The van der Waals surface area contributed by atoms with Crippen molar-refractivity contribution in [2.75, 3.05) is 0 Å². The van der Waals surface area contributed by atoms with Gasteiger partial charge in [0.1, 0.15) is 0 Å². The third-order valence-corrected chi connectivity index (χ3v) is 5.45. The molecule has 1 aromatic carbocycles. The van der Waals surface area contributed by atoms with Crippen LogP contribution >= 0.6 is 22.9 Å². The number of fused-ring (bicyclic) bond motifs is 1. The molecule has 3 rings (SSSR count). The average Bonchev–Trinajstić information content (AvgIpc) is 2.81. The highest BCUT2D eigenvalue weighted by Crippen LogP contribution is 2.38. The highest BCUT2D eigenvalue weighted by molar-refractivity contribution is 7.16. The number of thiophene rings is 1. The fourth-order valence-corrected chi connectivity index (χ4v) is 4.33. The SMILES string of the molecule is Cc1ccc(C(C)NC2CCCc3sc(Cl)cc32)cc1. The second-order valence-electron chi connectivity index (χ2n) is 5.67. The molecule has 1 heterocycles. The quantitative estimate of drug-likeness (QED) is 0.796. The van der Waals surface area contributed by atoms with Gasteiger partial charge < -0.3 is 5.32 Å². The Labute approximate surface area is 130 Å². The van der Waals surface area contributed by atoms with Crippen LogP contribution in [0.2, 0.25) is 4.34 Å². The third-order valence-electron chi connectivity index (χ3n) is 4.11. The molecule has 0 bridgehead atoms. The zero-order chi connectivity index (χ0) is 14.1. The van der Waals surface area contributed by atoms with Crippen molar-refractivity contribution in [1.82, 2.24) is 5.32 Å². The molecule has 0 aliphatic heterocycles. The van der Waals surface area contributed by atoms with E-state index in [4.69, 9.17) is 11.6 Å². The fourth-order valence-electron chi connectivity index (χ4n) is 2.95. The molecule has 2 atom stereocenters. The molecular formula is C17H20ClNS. The molecule has 1 nitrogen and oxygen atoms in total. The number of rotatable bonds is 3. The summed E-state index contributed by atoms with van der Waals surface area (Å²) in [5.74, 6) is 0. The molecule has 0 fully saturated rings.